The first-order chi connectivity index (χ1) is 15.8. The largest absolute Gasteiger partial charge is 0.433 e. The van der Waals surface area contributed by atoms with Gasteiger partial charge < -0.3 is 19.5 Å². The second-order valence-corrected chi connectivity index (χ2v) is 10.1. The van der Waals surface area contributed by atoms with Crippen molar-refractivity contribution < 1.29 is 40.0 Å². The zero-order valence-corrected chi connectivity index (χ0v) is 19.4. The Balaban J connectivity index is 1.47. The Hall–Kier alpha value is -2.32. The van der Waals surface area contributed by atoms with Crippen LogP contribution in [0.15, 0.2) is 41.4 Å². The summed E-state index contributed by atoms with van der Waals surface area (Å²) < 4.78 is 86.9. The summed E-state index contributed by atoms with van der Waals surface area (Å²) in [5, 5.41) is 2.82. The summed E-state index contributed by atoms with van der Waals surface area (Å²) >= 11 is 0. The van der Waals surface area contributed by atoms with Gasteiger partial charge in [-0.2, -0.15) is 21.6 Å². The van der Waals surface area contributed by atoms with Crippen LogP contribution in [0.5, 0.6) is 0 Å². The lowest BCUT2D eigenvalue weighted by Gasteiger charge is -2.37. The van der Waals surface area contributed by atoms with Crippen molar-refractivity contribution in [3.05, 3.63) is 47.8 Å². The van der Waals surface area contributed by atoms with Crippen molar-refractivity contribution in [1.82, 2.24) is 9.97 Å². The lowest BCUT2D eigenvalue weighted by Crippen LogP contribution is -2.55. The van der Waals surface area contributed by atoms with E-state index >= 15 is 0 Å². The Kier molecular flexibility index (Phi) is 6.59. The average molecular weight is 503 g/mol. The van der Waals surface area contributed by atoms with Gasteiger partial charge in [0.05, 0.1) is 24.2 Å². The van der Waals surface area contributed by atoms with Gasteiger partial charge in [0.15, 0.2) is 5.79 Å². The Morgan fingerprint density at radius 2 is 1.82 bits per heavy atom. The van der Waals surface area contributed by atoms with E-state index in [-0.39, 0.29) is 24.1 Å². The third-order valence-electron chi connectivity index (χ3n) is 5.37. The lowest BCUT2D eigenvalue weighted by molar-refractivity contribution is -0.156. The number of halogens is 3. The quantitative estimate of drug-likeness (QED) is 0.595. The molecule has 9 nitrogen and oxygen atoms in total. The molecule has 13 heteroatoms. The highest BCUT2D eigenvalue weighted by Crippen LogP contribution is 2.37. The number of aryl methyl sites for hydroxylation is 1. The SMILES string of the molecule is Cc1ccc(S(=O)(=O)OC[C@H]2OC[C@H](Nc3nccc(C(F)(F)F)n3)[C@H]3OC(C)(C)O[C@H]32)cc1. The Labute approximate surface area is 194 Å². The molecule has 4 atom stereocenters. The highest BCUT2D eigenvalue weighted by Gasteiger charge is 2.52. The second kappa shape index (κ2) is 9.04. The van der Waals surface area contributed by atoms with E-state index in [9.17, 15) is 21.6 Å². The minimum Gasteiger partial charge on any atom is -0.371 e. The molecule has 0 amide bonds. The molecule has 0 radical (unpaired) electrons. The van der Waals surface area contributed by atoms with Gasteiger partial charge in [-0.15, -0.1) is 0 Å². The summed E-state index contributed by atoms with van der Waals surface area (Å²) in [5.74, 6) is -1.28. The van der Waals surface area contributed by atoms with E-state index in [4.69, 9.17) is 18.4 Å². The number of nitrogens with one attached hydrogen (secondary N) is 1. The zero-order chi connectivity index (χ0) is 24.7. The summed E-state index contributed by atoms with van der Waals surface area (Å²) in [7, 11) is -4.03. The van der Waals surface area contributed by atoms with Gasteiger partial charge >= 0.3 is 6.18 Å². The first-order valence-corrected chi connectivity index (χ1v) is 11.8. The normalized spacial score (nSPS) is 26.8. The van der Waals surface area contributed by atoms with Gasteiger partial charge in [0.1, 0.15) is 24.0 Å². The number of alkyl halides is 3. The molecule has 1 N–H and O–H groups in total. The third-order valence-corrected chi connectivity index (χ3v) is 6.67. The number of aromatic nitrogens is 2. The Bertz CT molecular complexity index is 1130. The highest BCUT2D eigenvalue weighted by atomic mass is 32.2. The van der Waals surface area contributed by atoms with Crippen LogP contribution in [0.3, 0.4) is 0 Å². The first-order valence-electron chi connectivity index (χ1n) is 10.4. The Morgan fingerprint density at radius 1 is 1.15 bits per heavy atom. The molecular weight excluding hydrogens is 479 g/mol. The van der Waals surface area contributed by atoms with Crippen LogP contribution >= 0.6 is 0 Å². The van der Waals surface area contributed by atoms with Crippen molar-refractivity contribution in [1.29, 1.82) is 0 Å². The molecule has 1 aromatic heterocycles. The maximum absolute atomic E-state index is 13.0. The first kappa shape index (κ1) is 24.8. The fourth-order valence-corrected chi connectivity index (χ4v) is 4.70. The van der Waals surface area contributed by atoms with Crippen LogP contribution in [0.25, 0.3) is 0 Å². The van der Waals surface area contributed by atoms with E-state index in [1.54, 1.807) is 26.0 Å². The molecule has 34 heavy (non-hydrogen) atoms. The molecular formula is C21H24F3N3O6S. The molecule has 0 aliphatic carbocycles. The predicted molar refractivity (Wildman–Crippen MR) is 112 cm³/mol. The van der Waals surface area contributed by atoms with Crippen LogP contribution in [0.1, 0.15) is 25.1 Å². The van der Waals surface area contributed by atoms with Crippen LogP contribution in [0, 0.1) is 6.92 Å². The monoisotopic (exact) mass is 503 g/mol. The molecule has 186 valence electrons. The summed E-state index contributed by atoms with van der Waals surface area (Å²) in [4.78, 5) is 7.37. The minimum atomic E-state index is -4.62. The molecule has 0 saturated carbocycles. The van der Waals surface area contributed by atoms with Crippen LogP contribution in [-0.2, 0) is 34.7 Å². The number of ether oxygens (including phenoxy) is 3. The number of hydrogen-bond donors (Lipinski definition) is 1. The van der Waals surface area contributed by atoms with Crippen LogP contribution in [0.2, 0.25) is 0 Å². The van der Waals surface area contributed by atoms with Gasteiger partial charge in [-0.3, -0.25) is 4.18 Å². The molecule has 0 unspecified atom stereocenters. The maximum atomic E-state index is 13.0. The molecule has 3 heterocycles. The smallest absolute Gasteiger partial charge is 0.371 e. The van der Waals surface area contributed by atoms with Gasteiger partial charge in [0.25, 0.3) is 10.1 Å². The van der Waals surface area contributed by atoms with Crippen molar-refractivity contribution >= 4 is 16.1 Å². The fraction of sp³-hybridized carbons (Fsp3) is 0.524. The molecule has 2 aliphatic rings. The molecule has 4 rings (SSSR count). The summed E-state index contributed by atoms with van der Waals surface area (Å²) in [5.41, 5.74) is -0.186. The number of nitrogens with zero attached hydrogens (tertiary/aromatic N) is 2. The van der Waals surface area contributed by atoms with Gasteiger partial charge in [0, 0.05) is 6.20 Å². The van der Waals surface area contributed by atoms with Crippen LogP contribution < -0.4 is 5.32 Å². The number of benzene rings is 1. The standard InChI is InChI=1S/C21H24F3N3O6S/c1-12-4-6-13(7-5-12)34(28,29)31-11-15-18-17(32-20(2,3)33-18)14(10-30-15)26-19-25-9-8-16(27-19)21(22,23)24/h4-9,14-15,17-18H,10-11H2,1-3H3,(H,25,26,27)/t14-,15+,17+,18-/m0/s1. The van der Waals surface area contributed by atoms with Crippen molar-refractivity contribution in [3.63, 3.8) is 0 Å². The summed E-state index contributed by atoms with van der Waals surface area (Å²) in [6.07, 6.45) is -5.85. The molecule has 0 bridgehead atoms. The maximum Gasteiger partial charge on any atom is 0.433 e. The van der Waals surface area contributed by atoms with E-state index in [2.05, 4.69) is 15.3 Å². The van der Waals surface area contributed by atoms with Gasteiger partial charge in [0.2, 0.25) is 5.95 Å². The number of fused-ring (bicyclic) bond motifs is 1. The van der Waals surface area contributed by atoms with Gasteiger partial charge in [-0.05, 0) is 39.0 Å². The van der Waals surface area contributed by atoms with E-state index in [0.29, 0.717) is 0 Å². The summed E-state index contributed by atoms with van der Waals surface area (Å²) in [6.45, 7) is 4.82. The molecule has 1 aromatic carbocycles. The van der Waals surface area contributed by atoms with E-state index in [1.807, 2.05) is 6.92 Å². The predicted octanol–water partition coefficient (Wildman–Crippen LogP) is 2.91. The Morgan fingerprint density at radius 3 is 2.50 bits per heavy atom. The van der Waals surface area contributed by atoms with Crippen molar-refractivity contribution in [2.24, 2.45) is 0 Å². The van der Waals surface area contributed by atoms with E-state index in [1.165, 1.54) is 12.1 Å². The van der Waals surface area contributed by atoms with Gasteiger partial charge in [-0.1, -0.05) is 17.7 Å². The van der Waals surface area contributed by atoms with E-state index < -0.39 is 52.1 Å². The van der Waals surface area contributed by atoms with Gasteiger partial charge in [-0.25, -0.2) is 9.97 Å². The fourth-order valence-electron chi connectivity index (χ4n) is 3.78. The minimum absolute atomic E-state index is 0.00983. The molecule has 2 saturated heterocycles. The van der Waals surface area contributed by atoms with E-state index in [0.717, 1.165) is 17.8 Å². The molecule has 2 aromatic rings. The number of hydrogen-bond acceptors (Lipinski definition) is 9. The molecule has 2 aliphatic heterocycles. The zero-order valence-electron chi connectivity index (χ0n) is 18.6. The third kappa shape index (κ3) is 5.49. The van der Waals surface area contributed by atoms with Crippen molar-refractivity contribution in [3.8, 4) is 0 Å². The lowest BCUT2D eigenvalue weighted by atomic mass is 9.98. The van der Waals surface area contributed by atoms with Crippen LogP contribution in [0.4, 0.5) is 19.1 Å². The summed E-state index contributed by atoms with van der Waals surface area (Å²) in [6, 6.07) is 6.33. The highest BCUT2D eigenvalue weighted by molar-refractivity contribution is 7.86. The van der Waals surface area contributed by atoms with Crippen molar-refractivity contribution in [2.75, 3.05) is 18.5 Å². The number of anilines is 1. The topological polar surface area (TPSA) is 109 Å². The average Bonchev–Trinajstić information content (AvgIpc) is 3.09. The molecule has 0 spiro atoms. The van der Waals surface area contributed by atoms with Crippen LogP contribution in [-0.4, -0.2) is 61.7 Å². The van der Waals surface area contributed by atoms with Crippen molar-refractivity contribution in [2.45, 2.75) is 62.0 Å². The molecule has 2 fully saturated rings. The second-order valence-electron chi connectivity index (χ2n) is 8.50. The number of rotatable bonds is 6.